The van der Waals surface area contributed by atoms with Gasteiger partial charge in [-0.2, -0.15) is 5.26 Å². The van der Waals surface area contributed by atoms with Crippen LogP contribution in [0.15, 0.2) is 24.3 Å². The Morgan fingerprint density at radius 2 is 2.06 bits per heavy atom. The molecule has 1 aromatic carbocycles. The smallest absolute Gasteiger partial charge is 0.252 e. The fourth-order valence-corrected chi connectivity index (χ4v) is 1.94. The van der Waals surface area contributed by atoms with Gasteiger partial charge in [-0.1, -0.05) is 19.1 Å². The first kappa shape index (κ1) is 12.6. The first-order valence-electron chi connectivity index (χ1n) is 5.99. The van der Waals surface area contributed by atoms with E-state index in [1.165, 1.54) is 10.5 Å². The Morgan fingerprint density at radius 3 is 2.44 bits per heavy atom. The van der Waals surface area contributed by atoms with E-state index in [4.69, 9.17) is 10.00 Å². The monoisotopic (exact) mass is 244 g/mol. The molecule has 0 bridgehead atoms. The Morgan fingerprint density at radius 1 is 1.44 bits per heavy atom. The Labute approximate surface area is 107 Å². The summed E-state index contributed by atoms with van der Waals surface area (Å²) in [6.07, 6.45) is 0.966. The zero-order valence-electron chi connectivity index (χ0n) is 10.6. The highest BCUT2D eigenvalue weighted by Gasteiger charge is 2.48. The molecule has 4 nitrogen and oxygen atoms in total. The van der Waals surface area contributed by atoms with Gasteiger partial charge in [-0.05, 0) is 24.1 Å². The Balaban J connectivity index is 2.18. The van der Waals surface area contributed by atoms with E-state index in [0.717, 1.165) is 12.1 Å². The van der Waals surface area contributed by atoms with Crippen LogP contribution in [-0.2, 0) is 16.0 Å². The predicted molar refractivity (Wildman–Crippen MR) is 68.1 cm³/mol. The second kappa shape index (κ2) is 4.79. The number of nitrogens with zero attached hydrogens (tertiary/aromatic N) is 2. The lowest BCUT2D eigenvalue weighted by Gasteiger charge is -2.36. The van der Waals surface area contributed by atoms with E-state index >= 15 is 0 Å². The van der Waals surface area contributed by atoms with Crippen LogP contribution in [0.3, 0.4) is 0 Å². The van der Waals surface area contributed by atoms with Gasteiger partial charge >= 0.3 is 0 Å². The lowest BCUT2D eigenvalue weighted by Crippen LogP contribution is -2.53. The van der Waals surface area contributed by atoms with Crippen molar-refractivity contribution in [3.63, 3.8) is 0 Å². The summed E-state index contributed by atoms with van der Waals surface area (Å²) in [6, 6.07) is 9.87. The van der Waals surface area contributed by atoms with E-state index in [-0.39, 0.29) is 19.1 Å². The number of benzene rings is 1. The Hall–Kier alpha value is -1.86. The van der Waals surface area contributed by atoms with Crippen LogP contribution in [0.1, 0.15) is 12.5 Å². The third-order valence-corrected chi connectivity index (χ3v) is 3.36. The minimum absolute atomic E-state index is 0.194. The minimum Gasteiger partial charge on any atom is -0.377 e. The summed E-state index contributed by atoms with van der Waals surface area (Å²) in [7, 11) is 1.70. The van der Waals surface area contributed by atoms with Crippen LogP contribution < -0.4 is 4.90 Å². The van der Waals surface area contributed by atoms with Crippen molar-refractivity contribution in [2.45, 2.75) is 13.3 Å². The van der Waals surface area contributed by atoms with E-state index in [2.05, 4.69) is 13.0 Å². The van der Waals surface area contributed by atoms with Gasteiger partial charge in [0.1, 0.15) is 0 Å². The van der Waals surface area contributed by atoms with Gasteiger partial charge in [0.05, 0.1) is 19.3 Å². The molecule has 1 aromatic rings. The normalized spacial score (nSPS) is 16.5. The highest BCUT2D eigenvalue weighted by atomic mass is 16.5. The van der Waals surface area contributed by atoms with Crippen LogP contribution >= 0.6 is 0 Å². The molecule has 1 aliphatic heterocycles. The summed E-state index contributed by atoms with van der Waals surface area (Å²) in [4.78, 5) is 13.8. The lowest BCUT2D eigenvalue weighted by molar-refractivity contribution is -0.146. The molecule has 0 unspecified atom stereocenters. The third kappa shape index (κ3) is 1.98. The maximum atomic E-state index is 12.3. The SMILES string of the molecule is CCc1ccc(N(C)C(=O)C2(C#N)COC2)cc1. The maximum Gasteiger partial charge on any atom is 0.252 e. The van der Waals surface area contributed by atoms with Gasteiger partial charge in [-0.15, -0.1) is 0 Å². The van der Waals surface area contributed by atoms with Crippen LogP contribution in [0.4, 0.5) is 5.69 Å². The van der Waals surface area contributed by atoms with E-state index in [9.17, 15) is 4.79 Å². The third-order valence-electron chi connectivity index (χ3n) is 3.36. The summed E-state index contributed by atoms with van der Waals surface area (Å²) < 4.78 is 5.00. The summed E-state index contributed by atoms with van der Waals surface area (Å²) in [5.74, 6) is -0.194. The largest absolute Gasteiger partial charge is 0.377 e. The molecule has 0 aliphatic carbocycles. The lowest BCUT2D eigenvalue weighted by atomic mass is 9.86. The predicted octanol–water partition coefficient (Wildman–Crippen LogP) is 1.75. The van der Waals surface area contributed by atoms with E-state index in [1.807, 2.05) is 24.3 Å². The molecule has 1 aliphatic rings. The van der Waals surface area contributed by atoms with Gasteiger partial charge in [0, 0.05) is 12.7 Å². The van der Waals surface area contributed by atoms with E-state index in [1.54, 1.807) is 7.05 Å². The number of rotatable bonds is 3. The fraction of sp³-hybridized carbons (Fsp3) is 0.429. The van der Waals surface area contributed by atoms with Crippen LogP contribution in [0.2, 0.25) is 0 Å². The van der Waals surface area contributed by atoms with Crippen molar-refractivity contribution >= 4 is 11.6 Å². The van der Waals surface area contributed by atoms with Gasteiger partial charge in [0.15, 0.2) is 5.41 Å². The van der Waals surface area contributed by atoms with Crippen LogP contribution in [0.25, 0.3) is 0 Å². The number of carbonyl (C=O) groups is 1. The molecule has 0 spiro atoms. The first-order valence-corrected chi connectivity index (χ1v) is 5.99. The second-order valence-electron chi connectivity index (χ2n) is 4.57. The molecule has 1 saturated heterocycles. The Bertz CT molecular complexity index is 484. The number of carbonyl (C=O) groups excluding carboxylic acids is 1. The molecule has 1 amide bonds. The summed E-state index contributed by atoms with van der Waals surface area (Å²) in [5, 5.41) is 9.11. The zero-order chi connectivity index (χ0) is 13.2. The molecule has 0 N–H and O–H groups in total. The molecule has 18 heavy (non-hydrogen) atoms. The quantitative estimate of drug-likeness (QED) is 0.814. The molecule has 0 aromatic heterocycles. The van der Waals surface area contributed by atoms with Gasteiger partial charge in [-0.3, -0.25) is 4.79 Å². The number of anilines is 1. The average molecular weight is 244 g/mol. The van der Waals surface area contributed by atoms with Crippen LogP contribution in [0.5, 0.6) is 0 Å². The highest BCUT2D eigenvalue weighted by Crippen LogP contribution is 2.30. The second-order valence-corrected chi connectivity index (χ2v) is 4.57. The number of ether oxygens (including phenoxy) is 1. The maximum absolute atomic E-state index is 12.3. The van der Waals surface area contributed by atoms with E-state index in [0.29, 0.717) is 0 Å². The molecule has 2 rings (SSSR count). The molecule has 94 valence electrons. The van der Waals surface area contributed by atoms with Crippen molar-refractivity contribution in [1.29, 1.82) is 5.26 Å². The number of nitriles is 1. The van der Waals surface area contributed by atoms with Crippen molar-refractivity contribution in [3.8, 4) is 6.07 Å². The van der Waals surface area contributed by atoms with Gasteiger partial charge in [0.25, 0.3) is 5.91 Å². The van der Waals surface area contributed by atoms with Crippen LogP contribution in [-0.4, -0.2) is 26.2 Å². The molecule has 0 saturated carbocycles. The zero-order valence-corrected chi connectivity index (χ0v) is 10.6. The summed E-state index contributed by atoms with van der Waals surface area (Å²) >= 11 is 0. The number of hydrogen-bond acceptors (Lipinski definition) is 3. The minimum atomic E-state index is -0.988. The topological polar surface area (TPSA) is 53.3 Å². The van der Waals surface area contributed by atoms with Crippen molar-refractivity contribution in [1.82, 2.24) is 0 Å². The van der Waals surface area contributed by atoms with Crippen molar-refractivity contribution < 1.29 is 9.53 Å². The Kier molecular flexibility index (Phi) is 3.35. The molecule has 1 heterocycles. The van der Waals surface area contributed by atoms with Gasteiger partial charge in [0.2, 0.25) is 0 Å². The van der Waals surface area contributed by atoms with Crippen molar-refractivity contribution in [2.75, 3.05) is 25.2 Å². The van der Waals surface area contributed by atoms with Crippen LogP contribution in [0, 0.1) is 16.7 Å². The van der Waals surface area contributed by atoms with Gasteiger partial charge < -0.3 is 9.64 Å². The average Bonchev–Trinajstić information content (AvgIpc) is 2.37. The molecular weight excluding hydrogens is 228 g/mol. The number of hydrogen-bond donors (Lipinski definition) is 0. The molecule has 0 radical (unpaired) electrons. The van der Waals surface area contributed by atoms with E-state index < -0.39 is 5.41 Å². The standard InChI is InChI=1S/C14H16N2O2/c1-3-11-4-6-12(7-5-11)16(2)13(17)14(8-15)9-18-10-14/h4-7H,3,9-10H2,1-2H3. The number of aryl methyl sites for hydroxylation is 1. The summed E-state index contributed by atoms with van der Waals surface area (Å²) in [6.45, 7) is 2.47. The van der Waals surface area contributed by atoms with Gasteiger partial charge in [-0.25, -0.2) is 0 Å². The highest BCUT2D eigenvalue weighted by molar-refractivity contribution is 5.99. The molecule has 4 heteroatoms. The van der Waals surface area contributed by atoms with Crippen molar-refractivity contribution in [3.05, 3.63) is 29.8 Å². The molecule has 1 fully saturated rings. The first-order chi connectivity index (χ1) is 8.63. The number of amides is 1. The van der Waals surface area contributed by atoms with Crippen molar-refractivity contribution in [2.24, 2.45) is 5.41 Å². The molecule has 0 atom stereocenters. The fourth-order valence-electron chi connectivity index (χ4n) is 1.94. The molecular formula is C14H16N2O2. The summed E-state index contributed by atoms with van der Waals surface area (Å²) in [5.41, 5.74) is 1.04.